The van der Waals surface area contributed by atoms with Crippen molar-refractivity contribution >= 4 is 28.4 Å². The van der Waals surface area contributed by atoms with Crippen molar-refractivity contribution in [1.29, 1.82) is 5.26 Å². The lowest BCUT2D eigenvalue weighted by Gasteiger charge is -2.51. The minimum atomic E-state index is -0.967. The minimum absolute atomic E-state index is 0.152. The predicted molar refractivity (Wildman–Crippen MR) is 127 cm³/mol. The van der Waals surface area contributed by atoms with Crippen LogP contribution in [0.1, 0.15) is 29.8 Å². The highest BCUT2D eigenvalue weighted by Gasteiger charge is 2.37. The van der Waals surface area contributed by atoms with Gasteiger partial charge in [-0.3, -0.25) is 9.88 Å². The Hall–Kier alpha value is -3.70. The minimum Gasteiger partial charge on any atom is -0.478 e. The number of aromatic carboxylic acids is 1. The predicted octanol–water partition coefficient (Wildman–Crippen LogP) is 2.91. The zero-order valence-electron chi connectivity index (χ0n) is 19.7. The van der Waals surface area contributed by atoms with E-state index < -0.39 is 5.97 Å². The van der Waals surface area contributed by atoms with Gasteiger partial charge >= 0.3 is 5.97 Å². The number of hydrogen-bond acceptors (Lipinski definition) is 7. The molecule has 0 amide bonds. The third-order valence-electron chi connectivity index (χ3n) is 6.76. The number of nitriles is 1. The maximum absolute atomic E-state index is 11.3. The number of aryl methyl sites for hydroxylation is 1. The molecule has 4 heterocycles. The summed E-state index contributed by atoms with van der Waals surface area (Å²) in [6.45, 7) is 8.39. The first kappa shape index (κ1) is 19.9. The average molecular weight is 444 g/mol. The topological polar surface area (TPSA) is 96.6 Å². The van der Waals surface area contributed by atoms with Crippen LogP contribution in [-0.4, -0.2) is 70.8 Å². The summed E-state index contributed by atoms with van der Waals surface area (Å²) < 4.78 is 7.89. The van der Waals surface area contributed by atoms with Crippen molar-refractivity contribution in [3.63, 3.8) is 0 Å². The molecule has 8 nitrogen and oxygen atoms in total. The number of hydrogen-bond donors (Lipinski definition) is 1. The molecule has 0 saturated carbocycles. The average Bonchev–Trinajstić information content (AvgIpc) is 2.82. The van der Waals surface area contributed by atoms with Gasteiger partial charge in [0.1, 0.15) is 11.9 Å². The molecule has 0 bridgehead atoms. The van der Waals surface area contributed by atoms with Gasteiger partial charge in [0.25, 0.3) is 0 Å². The fourth-order valence-corrected chi connectivity index (χ4v) is 5.24. The van der Waals surface area contributed by atoms with Crippen molar-refractivity contribution in [2.75, 3.05) is 42.5 Å². The van der Waals surface area contributed by atoms with Crippen LogP contribution in [0.25, 0.3) is 10.9 Å². The number of carbonyl (C=O) groups is 1. The van der Waals surface area contributed by atoms with Gasteiger partial charge in [0.15, 0.2) is 0 Å². The molecule has 5 rings (SSSR count). The molecule has 1 aromatic carbocycles. The van der Waals surface area contributed by atoms with Gasteiger partial charge in [-0.1, -0.05) is 0 Å². The van der Waals surface area contributed by atoms with E-state index in [4.69, 9.17) is 1.37 Å². The molecule has 2 atom stereocenters. The van der Waals surface area contributed by atoms with Crippen LogP contribution >= 0.6 is 0 Å². The van der Waals surface area contributed by atoms with E-state index in [0.717, 1.165) is 55.2 Å². The number of carboxylic acid groups (broad SMARTS) is 1. The molecule has 8 heteroatoms. The molecule has 2 aliphatic rings. The fraction of sp³-hybridized carbons (Fsp3) is 0.360. The van der Waals surface area contributed by atoms with Crippen molar-refractivity contribution in [3.8, 4) is 6.07 Å². The maximum atomic E-state index is 11.3. The molecular weight excluding hydrogens is 416 g/mol. The number of rotatable bonds is 3. The summed E-state index contributed by atoms with van der Waals surface area (Å²) in [5.41, 5.74) is 3.16. The van der Waals surface area contributed by atoms with E-state index in [1.165, 1.54) is 6.20 Å². The van der Waals surface area contributed by atoms with Gasteiger partial charge in [-0.2, -0.15) is 5.26 Å². The zero-order chi connectivity index (χ0) is 24.0. The number of anilines is 2. The first-order valence-corrected chi connectivity index (χ1v) is 11.1. The zero-order valence-corrected chi connectivity index (χ0v) is 18.7. The van der Waals surface area contributed by atoms with E-state index in [9.17, 15) is 15.2 Å². The standard InChI is InChI=1S/C25H26N6O2/c1-16-10-19(25(32)33)12-28-24(16)29-8-9-31-17(2)13-30(15-20(31)14-29)22-6-5-18(11-26)23-21(22)4-3-7-27-23/h3-7,10,12,17,20H,8-9,13-15H2,1-2H3,(H,32,33)/t17-,20+/m1/s1/i7D. The number of fused-ring (bicyclic) bond motifs is 2. The molecule has 2 fully saturated rings. The summed E-state index contributed by atoms with van der Waals surface area (Å²) in [4.78, 5) is 27.3. The number of piperazine rings is 2. The lowest BCUT2D eigenvalue weighted by atomic mass is 10.0. The Bertz CT molecular complexity index is 1320. The van der Waals surface area contributed by atoms with Crippen LogP contribution in [-0.2, 0) is 0 Å². The Morgan fingerprint density at radius 1 is 1.21 bits per heavy atom. The third kappa shape index (κ3) is 3.74. The molecule has 1 N–H and O–H groups in total. The second-order valence-electron chi connectivity index (χ2n) is 8.84. The van der Waals surface area contributed by atoms with Crippen LogP contribution in [0.2, 0.25) is 0 Å². The molecular formula is C25H26N6O2. The molecule has 3 aromatic rings. The first-order valence-electron chi connectivity index (χ1n) is 11.6. The molecule has 0 aliphatic carbocycles. The van der Waals surface area contributed by atoms with Gasteiger partial charge in [-0.15, -0.1) is 0 Å². The molecule has 2 saturated heterocycles. The molecule has 0 spiro atoms. The molecule has 2 aliphatic heterocycles. The van der Waals surface area contributed by atoms with E-state index in [2.05, 4.69) is 37.7 Å². The summed E-state index contributed by atoms with van der Waals surface area (Å²) >= 11 is 0. The molecule has 0 radical (unpaired) electrons. The SMILES string of the molecule is [2H]c1ccc2c(N3C[C@@H]4CN(c5ncc(C(=O)O)cc5C)CCN4[C@H](C)C3)ccc(C#N)c2n1. The smallest absolute Gasteiger partial charge is 0.337 e. The summed E-state index contributed by atoms with van der Waals surface area (Å²) in [6.07, 6.45) is 1.59. The van der Waals surface area contributed by atoms with Crippen molar-refractivity contribution < 1.29 is 11.3 Å². The van der Waals surface area contributed by atoms with E-state index >= 15 is 0 Å². The van der Waals surface area contributed by atoms with Crippen LogP contribution in [0.4, 0.5) is 11.5 Å². The molecule has 2 aromatic heterocycles. The molecule has 168 valence electrons. The van der Waals surface area contributed by atoms with Gasteiger partial charge in [0.2, 0.25) is 0 Å². The Balaban J connectivity index is 1.44. The highest BCUT2D eigenvalue weighted by atomic mass is 16.4. The monoisotopic (exact) mass is 443 g/mol. The van der Waals surface area contributed by atoms with Crippen LogP contribution in [0.5, 0.6) is 0 Å². The van der Waals surface area contributed by atoms with Gasteiger partial charge in [-0.25, -0.2) is 9.78 Å². The van der Waals surface area contributed by atoms with E-state index in [0.29, 0.717) is 17.1 Å². The van der Waals surface area contributed by atoms with Crippen LogP contribution in [0.3, 0.4) is 0 Å². The van der Waals surface area contributed by atoms with Crippen LogP contribution in [0, 0.1) is 18.3 Å². The number of carboxylic acids is 1. The van der Waals surface area contributed by atoms with E-state index in [1.807, 2.05) is 19.1 Å². The quantitative estimate of drug-likeness (QED) is 0.660. The van der Waals surface area contributed by atoms with Gasteiger partial charge in [0.05, 0.1) is 18.0 Å². The van der Waals surface area contributed by atoms with E-state index in [-0.39, 0.29) is 17.8 Å². The van der Waals surface area contributed by atoms with Crippen molar-refractivity contribution in [3.05, 3.63) is 59.4 Å². The second kappa shape index (κ2) is 8.34. The summed E-state index contributed by atoms with van der Waals surface area (Å²) in [5, 5.41) is 19.7. The second-order valence-corrected chi connectivity index (χ2v) is 8.84. The lowest BCUT2D eigenvalue weighted by molar-refractivity contribution is 0.0696. The number of benzene rings is 1. The Kier molecular flexibility index (Phi) is 5.04. The normalized spacial score (nSPS) is 21.4. The molecule has 0 unspecified atom stereocenters. The van der Waals surface area contributed by atoms with Gasteiger partial charge < -0.3 is 14.9 Å². The molecule has 33 heavy (non-hydrogen) atoms. The van der Waals surface area contributed by atoms with Gasteiger partial charge in [-0.05, 0) is 49.7 Å². The summed E-state index contributed by atoms with van der Waals surface area (Å²) in [7, 11) is 0. The van der Waals surface area contributed by atoms with E-state index in [1.54, 1.807) is 18.2 Å². The number of pyridine rings is 2. The van der Waals surface area contributed by atoms with Gasteiger partial charge in [0, 0.05) is 68.3 Å². The largest absolute Gasteiger partial charge is 0.478 e. The summed E-state index contributed by atoms with van der Waals surface area (Å²) in [5.74, 6) is -0.129. The Morgan fingerprint density at radius 3 is 2.79 bits per heavy atom. The lowest BCUT2D eigenvalue weighted by Crippen LogP contribution is -2.65. The van der Waals surface area contributed by atoms with Crippen LogP contribution < -0.4 is 9.80 Å². The highest BCUT2D eigenvalue weighted by Crippen LogP contribution is 2.32. The third-order valence-corrected chi connectivity index (χ3v) is 6.76. The highest BCUT2D eigenvalue weighted by molar-refractivity contribution is 5.95. The van der Waals surface area contributed by atoms with Crippen LogP contribution in [0.15, 0.2) is 42.7 Å². The Morgan fingerprint density at radius 2 is 2.03 bits per heavy atom. The number of aromatic nitrogens is 2. The maximum Gasteiger partial charge on any atom is 0.337 e. The van der Waals surface area contributed by atoms with Crippen molar-refractivity contribution in [2.24, 2.45) is 0 Å². The van der Waals surface area contributed by atoms with Crippen molar-refractivity contribution in [1.82, 2.24) is 14.9 Å². The fourth-order valence-electron chi connectivity index (χ4n) is 5.24. The number of nitrogens with zero attached hydrogens (tertiary/aromatic N) is 6. The summed E-state index contributed by atoms with van der Waals surface area (Å²) in [6, 6.07) is 11.8. The first-order chi connectivity index (χ1) is 16.4. The van der Waals surface area contributed by atoms with Crippen molar-refractivity contribution in [2.45, 2.75) is 25.9 Å². The Labute approximate surface area is 194 Å².